The number of Topliss-reactive ketones (excluding diaryl/α,β-unsaturated/α-hetero) is 1. The third-order valence-corrected chi connectivity index (χ3v) is 6.99. The Morgan fingerprint density at radius 2 is 1.95 bits per heavy atom. The molecule has 2 heterocycles. The summed E-state index contributed by atoms with van der Waals surface area (Å²) in [7, 11) is 1.36. The van der Waals surface area contributed by atoms with E-state index in [9.17, 15) is 22.4 Å². The largest absolute Gasteiger partial charge is 0.494 e. The third kappa shape index (κ3) is 5.85. The van der Waals surface area contributed by atoms with Crippen LogP contribution in [0.3, 0.4) is 0 Å². The van der Waals surface area contributed by atoms with Gasteiger partial charge in [0, 0.05) is 29.7 Å². The van der Waals surface area contributed by atoms with Crippen molar-refractivity contribution in [2.24, 2.45) is 5.92 Å². The van der Waals surface area contributed by atoms with Crippen molar-refractivity contribution in [3.8, 4) is 17.0 Å². The van der Waals surface area contributed by atoms with Crippen LogP contribution in [0.1, 0.15) is 52.9 Å². The average molecular weight is 553 g/mol. The molecule has 1 aliphatic carbocycles. The van der Waals surface area contributed by atoms with Gasteiger partial charge in [-0.1, -0.05) is 24.8 Å². The zero-order valence-electron chi connectivity index (χ0n) is 22.1. The Balaban J connectivity index is 1.55. The van der Waals surface area contributed by atoms with Crippen molar-refractivity contribution in [1.29, 1.82) is 0 Å². The second-order valence-electron chi connectivity index (χ2n) is 10.0. The van der Waals surface area contributed by atoms with Crippen molar-refractivity contribution >= 4 is 22.7 Å². The molecule has 0 amide bonds. The molecule has 0 radical (unpaired) electrons. The Bertz CT molecular complexity index is 1610. The smallest absolute Gasteiger partial charge is 0.390 e. The molecule has 2 aromatic heterocycles. The highest BCUT2D eigenvalue weighted by Crippen LogP contribution is 2.35. The van der Waals surface area contributed by atoms with Crippen LogP contribution in [0.15, 0.2) is 55.2 Å². The minimum atomic E-state index is -4.33. The van der Waals surface area contributed by atoms with Gasteiger partial charge in [-0.25, -0.2) is 13.9 Å². The van der Waals surface area contributed by atoms with Gasteiger partial charge >= 0.3 is 6.18 Å². The van der Waals surface area contributed by atoms with Gasteiger partial charge in [0.1, 0.15) is 0 Å². The van der Waals surface area contributed by atoms with Crippen LogP contribution < -0.4 is 10.1 Å². The fourth-order valence-corrected chi connectivity index (χ4v) is 4.61. The molecule has 2 aromatic carbocycles. The Morgan fingerprint density at radius 3 is 2.60 bits per heavy atom. The van der Waals surface area contributed by atoms with Crippen LogP contribution in [0.5, 0.6) is 5.75 Å². The first-order valence-corrected chi connectivity index (χ1v) is 12.9. The third-order valence-electron chi connectivity index (χ3n) is 6.99. The van der Waals surface area contributed by atoms with Crippen LogP contribution in [0.2, 0.25) is 0 Å². The van der Waals surface area contributed by atoms with E-state index in [0.717, 1.165) is 24.0 Å². The minimum absolute atomic E-state index is 0.0702. The van der Waals surface area contributed by atoms with Crippen LogP contribution in [-0.4, -0.2) is 40.2 Å². The molecule has 1 N–H and O–H groups in total. The van der Waals surface area contributed by atoms with E-state index in [-0.39, 0.29) is 18.1 Å². The summed E-state index contributed by atoms with van der Waals surface area (Å²) in [6.07, 6.45) is -1.07. The summed E-state index contributed by atoms with van der Waals surface area (Å²) < 4.78 is 59.5. The molecule has 6 nitrogen and oxygen atoms in total. The van der Waals surface area contributed by atoms with Crippen molar-refractivity contribution in [3.05, 3.63) is 83.4 Å². The molecule has 1 fully saturated rings. The summed E-state index contributed by atoms with van der Waals surface area (Å²) in [6.45, 7) is 5.57. The number of rotatable bonds is 10. The normalized spacial score (nSPS) is 13.4. The fourth-order valence-electron chi connectivity index (χ4n) is 4.61. The van der Waals surface area contributed by atoms with Gasteiger partial charge in [-0.15, -0.1) is 0 Å². The monoisotopic (exact) mass is 552 g/mol. The van der Waals surface area contributed by atoms with Gasteiger partial charge in [0.05, 0.1) is 36.8 Å². The Hall–Kier alpha value is -4.21. The highest BCUT2D eigenvalue weighted by molar-refractivity contribution is 5.98. The number of ether oxygens (including phenoxy) is 1. The molecule has 0 saturated heterocycles. The first-order valence-electron chi connectivity index (χ1n) is 12.9. The lowest BCUT2D eigenvalue weighted by molar-refractivity contribution is -0.131. The lowest BCUT2D eigenvalue weighted by Gasteiger charge is -2.14. The number of carbonyl (C=O) groups is 1. The molecule has 208 valence electrons. The molecule has 1 saturated carbocycles. The number of nitrogens with one attached hydrogen (secondary N) is 1. The van der Waals surface area contributed by atoms with Crippen LogP contribution >= 0.6 is 0 Å². The number of ketones is 1. The van der Waals surface area contributed by atoms with Gasteiger partial charge in [-0.2, -0.15) is 18.3 Å². The van der Waals surface area contributed by atoms with E-state index in [0.29, 0.717) is 51.8 Å². The molecular formula is C30H28F4N4O2. The quantitative estimate of drug-likeness (QED) is 0.166. The number of aromatic nitrogens is 3. The van der Waals surface area contributed by atoms with Crippen LogP contribution in [0.25, 0.3) is 22.5 Å². The number of hydrogen-bond donors (Lipinski definition) is 1. The summed E-state index contributed by atoms with van der Waals surface area (Å²) in [5.41, 5.74) is 4.55. The lowest BCUT2D eigenvalue weighted by atomic mass is 9.98. The van der Waals surface area contributed by atoms with E-state index in [1.807, 2.05) is 19.1 Å². The van der Waals surface area contributed by atoms with E-state index >= 15 is 0 Å². The summed E-state index contributed by atoms with van der Waals surface area (Å²) in [5.74, 6) is 0.0782. The summed E-state index contributed by atoms with van der Waals surface area (Å²) in [6, 6.07) is 11.4. The van der Waals surface area contributed by atoms with Crippen molar-refractivity contribution in [2.45, 2.75) is 38.8 Å². The van der Waals surface area contributed by atoms with Gasteiger partial charge in [-0.3, -0.25) is 4.79 Å². The highest BCUT2D eigenvalue weighted by Gasteiger charge is 2.27. The van der Waals surface area contributed by atoms with Gasteiger partial charge in [0.2, 0.25) is 0 Å². The first kappa shape index (κ1) is 27.4. The Morgan fingerprint density at radius 1 is 1.18 bits per heavy atom. The molecule has 0 aliphatic heterocycles. The van der Waals surface area contributed by atoms with Crippen molar-refractivity contribution in [1.82, 2.24) is 14.6 Å². The van der Waals surface area contributed by atoms with Crippen LogP contribution in [0.4, 0.5) is 23.2 Å². The number of methoxy groups -OCH3 is 1. The second-order valence-corrected chi connectivity index (χ2v) is 10.0. The molecule has 0 bridgehead atoms. The second kappa shape index (κ2) is 10.7. The molecule has 10 heteroatoms. The summed E-state index contributed by atoms with van der Waals surface area (Å²) >= 11 is 0. The first-order chi connectivity index (χ1) is 19.0. The van der Waals surface area contributed by atoms with Gasteiger partial charge in [-0.05, 0) is 61.1 Å². The maximum absolute atomic E-state index is 14.4. The lowest BCUT2D eigenvalue weighted by Crippen LogP contribution is -2.15. The number of hydrogen-bond acceptors (Lipinski definition) is 5. The molecular weight excluding hydrogens is 524 g/mol. The molecule has 5 rings (SSSR count). The molecule has 40 heavy (non-hydrogen) atoms. The van der Waals surface area contributed by atoms with E-state index in [2.05, 4.69) is 22.0 Å². The predicted octanol–water partition coefficient (Wildman–Crippen LogP) is 7.26. The molecule has 0 unspecified atom stereocenters. The standard InChI is InChI=1S/C30H28F4N4O2/c1-17-12-21(6-8-22(17)27(39)13-19-4-5-19)26-16-36-29-25(35-11-10-30(32,33)34)15-24(37-38(26)29)18(2)20-7-9-28(40-3)23(31)14-20/h6-9,12,14-16,19,35H,2,4-5,10-11,13H2,1,3H3. The Labute approximate surface area is 228 Å². The van der Waals surface area contributed by atoms with Crippen LogP contribution in [0, 0.1) is 18.7 Å². The van der Waals surface area contributed by atoms with Crippen molar-refractivity contribution in [3.63, 3.8) is 0 Å². The number of imidazole rings is 1. The number of halogens is 4. The van der Waals surface area contributed by atoms with Crippen LogP contribution in [-0.2, 0) is 0 Å². The van der Waals surface area contributed by atoms with E-state index in [4.69, 9.17) is 4.74 Å². The SMILES string of the molecule is C=C(c1ccc(OC)c(F)c1)c1cc(NCCC(F)(F)F)c2ncc(-c3ccc(C(=O)CC4CC4)c(C)c3)n2n1. The molecule has 4 aromatic rings. The van der Waals surface area contributed by atoms with Crippen molar-refractivity contribution < 1.29 is 27.1 Å². The number of nitrogens with zero attached hydrogens (tertiary/aromatic N) is 3. The number of aryl methyl sites for hydroxylation is 1. The minimum Gasteiger partial charge on any atom is -0.494 e. The molecule has 1 aliphatic rings. The van der Waals surface area contributed by atoms with Gasteiger partial charge < -0.3 is 10.1 Å². The predicted molar refractivity (Wildman–Crippen MR) is 145 cm³/mol. The maximum Gasteiger partial charge on any atom is 0.390 e. The highest BCUT2D eigenvalue weighted by atomic mass is 19.4. The zero-order valence-corrected chi connectivity index (χ0v) is 22.1. The van der Waals surface area contributed by atoms with Gasteiger partial charge in [0.15, 0.2) is 23.0 Å². The van der Waals surface area contributed by atoms with Gasteiger partial charge in [0.25, 0.3) is 0 Å². The van der Waals surface area contributed by atoms with E-state index < -0.39 is 18.4 Å². The topological polar surface area (TPSA) is 68.5 Å². The Kier molecular flexibility index (Phi) is 7.35. The summed E-state index contributed by atoms with van der Waals surface area (Å²) in [5, 5.41) is 7.51. The van der Waals surface area contributed by atoms with Crippen molar-refractivity contribution in [2.75, 3.05) is 19.0 Å². The maximum atomic E-state index is 14.4. The van der Waals surface area contributed by atoms with E-state index in [1.54, 1.807) is 24.4 Å². The zero-order chi connectivity index (χ0) is 28.6. The summed E-state index contributed by atoms with van der Waals surface area (Å²) in [4.78, 5) is 17.1. The molecule has 0 spiro atoms. The van der Waals surface area contributed by atoms with E-state index in [1.165, 1.54) is 23.8 Å². The number of benzene rings is 2. The molecule has 0 atom stereocenters. The number of anilines is 1. The average Bonchev–Trinajstić information content (AvgIpc) is 3.61. The number of carbonyl (C=O) groups excluding carboxylic acids is 1. The number of alkyl halides is 3. The fraction of sp³-hybridized carbons (Fsp3) is 0.300. The number of fused-ring (bicyclic) bond motifs is 1.